The van der Waals surface area contributed by atoms with Gasteiger partial charge in [0.15, 0.2) is 0 Å². The summed E-state index contributed by atoms with van der Waals surface area (Å²) in [5.74, 6) is 0.612. The zero-order valence-electron chi connectivity index (χ0n) is 16.3. The maximum atomic E-state index is 4.74. The van der Waals surface area contributed by atoms with Gasteiger partial charge in [0.05, 0.1) is 5.69 Å². The normalized spacial score (nSPS) is 16.8. The van der Waals surface area contributed by atoms with Gasteiger partial charge in [0, 0.05) is 47.0 Å². The van der Waals surface area contributed by atoms with E-state index >= 15 is 0 Å². The number of likely N-dealkylation sites (tertiary alicyclic amines) is 1. The number of piperidine rings is 1. The summed E-state index contributed by atoms with van der Waals surface area (Å²) in [6.07, 6.45) is 4.25. The van der Waals surface area contributed by atoms with Gasteiger partial charge in [-0.3, -0.25) is 9.58 Å². The van der Waals surface area contributed by atoms with E-state index in [9.17, 15) is 0 Å². The van der Waals surface area contributed by atoms with Gasteiger partial charge >= 0.3 is 0 Å². The van der Waals surface area contributed by atoms with Gasteiger partial charge < -0.3 is 4.98 Å². The monoisotopic (exact) mass is 351 g/mol. The molecule has 0 saturated carbocycles. The third kappa shape index (κ3) is 3.16. The van der Waals surface area contributed by atoms with E-state index in [1.54, 1.807) is 0 Å². The van der Waals surface area contributed by atoms with Crippen molar-refractivity contribution in [3.63, 3.8) is 0 Å². The maximum absolute atomic E-state index is 4.74. The van der Waals surface area contributed by atoms with Crippen LogP contribution in [-0.4, -0.2) is 37.7 Å². The molecule has 3 aromatic heterocycles. The fraction of sp³-hybridized carbons (Fsp3) is 0.524. The number of aromatic amines is 1. The average molecular weight is 351 g/mol. The Kier molecular flexibility index (Phi) is 4.57. The summed E-state index contributed by atoms with van der Waals surface area (Å²) in [6.45, 7) is 12.0. The van der Waals surface area contributed by atoms with Crippen LogP contribution in [-0.2, 0) is 6.54 Å². The van der Waals surface area contributed by atoms with Gasteiger partial charge in [0.2, 0.25) is 0 Å². The zero-order chi connectivity index (χ0) is 18.3. The van der Waals surface area contributed by atoms with E-state index in [4.69, 9.17) is 5.10 Å². The Morgan fingerprint density at radius 2 is 2.00 bits per heavy atom. The van der Waals surface area contributed by atoms with Crippen molar-refractivity contribution in [3.8, 4) is 0 Å². The van der Waals surface area contributed by atoms with Crippen LogP contribution in [0.15, 0.2) is 24.4 Å². The number of aromatic nitrogens is 4. The SMILES string of the molecule is Cc1nn(C(C)C)c(C)c1CN1CCC(c2cc3cccnc3[nH]2)CC1. The van der Waals surface area contributed by atoms with Crippen molar-refractivity contribution >= 4 is 11.0 Å². The summed E-state index contributed by atoms with van der Waals surface area (Å²) in [4.78, 5) is 10.5. The lowest BCUT2D eigenvalue weighted by Crippen LogP contribution is -2.32. The van der Waals surface area contributed by atoms with Crippen LogP contribution >= 0.6 is 0 Å². The standard InChI is InChI=1S/C21H29N5/c1-14(2)26-16(4)19(15(3)24-26)13-25-10-7-17(8-11-25)20-12-18-6-5-9-22-21(18)23-20/h5-6,9,12,14,17H,7-8,10-11,13H2,1-4H3,(H,22,23). The van der Waals surface area contributed by atoms with Crippen LogP contribution in [0.2, 0.25) is 0 Å². The van der Waals surface area contributed by atoms with E-state index in [2.05, 4.69) is 59.4 Å². The van der Waals surface area contributed by atoms with E-state index in [1.807, 2.05) is 12.3 Å². The molecular weight excluding hydrogens is 322 g/mol. The largest absolute Gasteiger partial charge is 0.343 e. The molecule has 5 nitrogen and oxygen atoms in total. The predicted octanol–water partition coefficient (Wildman–Crippen LogP) is 4.34. The Morgan fingerprint density at radius 3 is 2.65 bits per heavy atom. The number of fused-ring (bicyclic) bond motifs is 1. The summed E-state index contributed by atoms with van der Waals surface area (Å²) in [5.41, 5.74) is 6.27. The Labute approximate surface area is 155 Å². The summed E-state index contributed by atoms with van der Waals surface area (Å²) in [7, 11) is 0. The first kappa shape index (κ1) is 17.3. The molecule has 1 aliphatic rings. The second kappa shape index (κ2) is 6.88. The maximum Gasteiger partial charge on any atom is 0.137 e. The molecule has 1 aliphatic heterocycles. The van der Waals surface area contributed by atoms with E-state index in [0.29, 0.717) is 12.0 Å². The van der Waals surface area contributed by atoms with Crippen molar-refractivity contribution in [3.05, 3.63) is 47.0 Å². The third-order valence-corrected chi connectivity index (χ3v) is 5.79. The Hall–Kier alpha value is -2.14. The second-order valence-corrected chi connectivity index (χ2v) is 7.90. The Balaban J connectivity index is 1.42. The smallest absolute Gasteiger partial charge is 0.137 e. The topological polar surface area (TPSA) is 49.7 Å². The fourth-order valence-corrected chi connectivity index (χ4v) is 4.25. The van der Waals surface area contributed by atoms with Crippen molar-refractivity contribution in [1.82, 2.24) is 24.6 Å². The second-order valence-electron chi connectivity index (χ2n) is 7.90. The van der Waals surface area contributed by atoms with Crippen LogP contribution in [0.1, 0.15) is 61.3 Å². The van der Waals surface area contributed by atoms with Crippen molar-refractivity contribution < 1.29 is 0 Å². The average Bonchev–Trinajstić information content (AvgIpc) is 3.18. The lowest BCUT2D eigenvalue weighted by atomic mass is 9.93. The Morgan fingerprint density at radius 1 is 1.23 bits per heavy atom. The van der Waals surface area contributed by atoms with E-state index in [1.165, 1.54) is 40.9 Å². The zero-order valence-corrected chi connectivity index (χ0v) is 16.3. The molecule has 0 aromatic carbocycles. The molecule has 0 atom stereocenters. The highest BCUT2D eigenvalue weighted by Gasteiger charge is 2.24. The first-order valence-electron chi connectivity index (χ1n) is 9.73. The molecule has 4 rings (SSSR count). The van der Waals surface area contributed by atoms with E-state index < -0.39 is 0 Å². The predicted molar refractivity (Wildman–Crippen MR) is 105 cm³/mol. The molecule has 0 bridgehead atoms. The molecule has 3 aromatic rings. The third-order valence-electron chi connectivity index (χ3n) is 5.79. The highest BCUT2D eigenvalue weighted by atomic mass is 15.3. The summed E-state index contributed by atoms with van der Waals surface area (Å²) in [6, 6.07) is 6.84. The molecule has 0 spiro atoms. The van der Waals surface area contributed by atoms with Gasteiger partial charge in [0.1, 0.15) is 5.65 Å². The highest BCUT2D eigenvalue weighted by Crippen LogP contribution is 2.30. The van der Waals surface area contributed by atoms with Crippen LogP contribution in [0.4, 0.5) is 0 Å². The van der Waals surface area contributed by atoms with Crippen LogP contribution in [0.25, 0.3) is 11.0 Å². The van der Waals surface area contributed by atoms with Crippen LogP contribution in [0, 0.1) is 13.8 Å². The van der Waals surface area contributed by atoms with Gasteiger partial charge in [-0.1, -0.05) is 0 Å². The summed E-state index contributed by atoms with van der Waals surface area (Å²) >= 11 is 0. The Bertz CT molecular complexity index is 863. The molecule has 0 unspecified atom stereocenters. The number of nitrogens with one attached hydrogen (secondary N) is 1. The fourth-order valence-electron chi connectivity index (χ4n) is 4.25. The van der Waals surface area contributed by atoms with E-state index in [0.717, 1.165) is 25.3 Å². The lowest BCUT2D eigenvalue weighted by molar-refractivity contribution is 0.203. The lowest BCUT2D eigenvalue weighted by Gasteiger charge is -2.31. The van der Waals surface area contributed by atoms with Crippen molar-refractivity contribution in [2.45, 2.75) is 59.0 Å². The molecule has 1 N–H and O–H groups in total. The minimum Gasteiger partial charge on any atom is -0.343 e. The summed E-state index contributed by atoms with van der Waals surface area (Å²) < 4.78 is 2.16. The molecule has 138 valence electrons. The highest BCUT2D eigenvalue weighted by molar-refractivity contribution is 5.76. The number of nitrogens with zero attached hydrogens (tertiary/aromatic N) is 4. The number of pyridine rings is 1. The van der Waals surface area contributed by atoms with Gasteiger partial charge in [0.25, 0.3) is 0 Å². The number of hydrogen-bond acceptors (Lipinski definition) is 3. The van der Waals surface area contributed by atoms with Crippen LogP contribution in [0.5, 0.6) is 0 Å². The number of rotatable bonds is 4. The molecule has 0 aliphatic carbocycles. The molecular formula is C21H29N5. The van der Waals surface area contributed by atoms with Crippen LogP contribution in [0.3, 0.4) is 0 Å². The van der Waals surface area contributed by atoms with Crippen molar-refractivity contribution in [2.75, 3.05) is 13.1 Å². The number of aryl methyl sites for hydroxylation is 1. The van der Waals surface area contributed by atoms with Crippen LogP contribution < -0.4 is 0 Å². The van der Waals surface area contributed by atoms with Gasteiger partial charge in [-0.05, 0) is 71.8 Å². The first-order chi connectivity index (χ1) is 12.5. The summed E-state index contributed by atoms with van der Waals surface area (Å²) in [5, 5.41) is 5.96. The first-order valence-corrected chi connectivity index (χ1v) is 9.73. The van der Waals surface area contributed by atoms with Gasteiger partial charge in [-0.25, -0.2) is 4.98 Å². The molecule has 26 heavy (non-hydrogen) atoms. The molecule has 4 heterocycles. The minimum atomic E-state index is 0.420. The van der Waals surface area contributed by atoms with Crippen molar-refractivity contribution in [1.29, 1.82) is 0 Å². The van der Waals surface area contributed by atoms with Crippen molar-refractivity contribution in [2.24, 2.45) is 0 Å². The van der Waals surface area contributed by atoms with Gasteiger partial charge in [-0.2, -0.15) is 5.10 Å². The molecule has 5 heteroatoms. The molecule has 1 saturated heterocycles. The van der Waals surface area contributed by atoms with E-state index in [-0.39, 0.29) is 0 Å². The number of H-pyrrole nitrogens is 1. The molecule has 0 radical (unpaired) electrons. The number of hydrogen-bond donors (Lipinski definition) is 1. The molecule has 0 amide bonds. The van der Waals surface area contributed by atoms with Gasteiger partial charge in [-0.15, -0.1) is 0 Å². The molecule has 1 fully saturated rings. The quantitative estimate of drug-likeness (QED) is 0.761. The minimum absolute atomic E-state index is 0.420.